The van der Waals surface area contributed by atoms with Gasteiger partial charge in [0.2, 0.25) is 0 Å². The summed E-state index contributed by atoms with van der Waals surface area (Å²) in [7, 11) is 0. The third-order valence-electron chi connectivity index (χ3n) is 0. The Morgan fingerprint density at radius 2 is 0.455 bits per heavy atom. The van der Waals surface area contributed by atoms with Gasteiger partial charge in [-0.15, -0.1) is 0 Å². The fourth-order valence-corrected chi connectivity index (χ4v) is 0. The fourth-order valence-electron chi connectivity index (χ4n) is 0. The topological polar surface area (TPSA) is 121 Å². The molecule has 0 saturated heterocycles. The summed E-state index contributed by atoms with van der Waals surface area (Å²) in [5.74, 6) is 0. The van der Waals surface area contributed by atoms with Crippen molar-refractivity contribution in [3.8, 4) is 0 Å². The van der Waals surface area contributed by atoms with Crippen LogP contribution in [0.5, 0.6) is 0 Å². The minimum Gasteiger partial charge on any atom is 0 e. The third-order valence-corrected chi connectivity index (χ3v) is 0. The zero-order valence-electron chi connectivity index (χ0n) is 5.70. The summed E-state index contributed by atoms with van der Waals surface area (Å²) in [6.07, 6.45) is 0. The van der Waals surface area contributed by atoms with E-state index in [9.17, 15) is 0 Å². The standard InChI is InChI=1S/2AsH3O3.3Ca/c2*2-1(3)4;;;/h2*2-4H;;;. The van der Waals surface area contributed by atoms with Crippen LogP contribution in [0.25, 0.3) is 0 Å². The first-order valence-electron chi connectivity index (χ1n) is 1.20. The largest absolute Gasteiger partial charge is 0 e. The molecule has 0 aliphatic carbocycles. The van der Waals surface area contributed by atoms with Gasteiger partial charge in [-0.2, -0.15) is 0 Å². The zero-order valence-corrected chi connectivity index (χ0v) is 16.1. The van der Waals surface area contributed by atoms with Gasteiger partial charge in [-0.25, -0.2) is 0 Å². The molecule has 0 aliphatic heterocycles. The smallest absolute Gasteiger partial charge is 0 e. The minimum atomic E-state index is -3.19. The molecule has 58 valence electrons. The van der Waals surface area contributed by atoms with Crippen LogP contribution in [-0.2, 0) is 0 Å². The van der Waals surface area contributed by atoms with Crippen LogP contribution in [0.2, 0.25) is 0 Å². The van der Waals surface area contributed by atoms with Crippen molar-refractivity contribution in [3.63, 3.8) is 0 Å². The van der Waals surface area contributed by atoms with E-state index in [-0.39, 0.29) is 113 Å². The summed E-state index contributed by atoms with van der Waals surface area (Å²) in [6, 6.07) is 0. The van der Waals surface area contributed by atoms with Gasteiger partial charge in [-0.3, -0.25) is 0 Å². The second kappa shape index (κ2) is 24.1. The molecule has 0 unspecified atom stereocenters. The number of hydrogen-bond donors (Lipinski definition) is 6. The molecule has 0 aromatic rings. The second-order valence-electron chi connectivity index (χ2n) is 0.537. The van der Waals surface area contributed by atoms with Crippen molar-refractivity contribution in [3.05, 3.63) is 0 Å². The van der Waals surface area contributed by atoms with Crippen molar-refractivity contribution in [2.45, 2.75) is 0 Å². The Kier molecular flexibility index (Phi) is 64.8. The summed E-state index contributed by atoms with van der Waals surface area (Å²) >= 11 is -6.38. The molecule has 0 aliphatic rings. The van der Waals surface area contributed by atoms with Gasteiger partial charge in [0.05, 0.1) is 0 Å². The van der Waals surface area contributed by atoms with Gasteiger partial charge >= 0.3 is 55.9 Å². The summed E-state index contributed by atoms with van der Waals surface area (Å²) in [6.45, 7) is 0. The maximum atomic E-state index is 7.31. The van der Waals surface area contributed by atoms with Gasteiger partial charge in [0.25, 0.3) is 0 Å². The Morgan fingerprint density at radius 3 is 0.455 bits per heavy atom. The number of rotatable bonds is 0. The molecule has 0 heterocycles. The summed E-state index contributed by atoms with van der Waals surface area (Å²) in [5, 5.41) is 0. The molecule has 0 amide bonds. The zero-order chi connectivity index (χ0) is 7.15. The molecule has 0 rings (SSSR count). The Morgan fingerprint density at radius 1 is 0.455 bits per heavy atom. The van der Waals surface area contributed by atoms with Gasteiger partial charge in [0.1, 0.15) is 0 Å². The van der Waals surface area contributed by atoms with E-state index in [1.807, 2.05) is 0 Å². The van der Waals surface area contributed by atoms with Crippen LogP contribution in [0.3, 0.4) is 0 Å². The first-order chi connectivity index (χ1) is 3.46. The monoisotopic (exact) mass is 372 g/mol. The Bertz CT molecular complexity index is 31.3. The molecule has 0 aromatic carbocycles. The van der Waals surface area contributed by atoms with E-state index in [2.05, 4.69) is 0 Å². The summed E-state index contributed by atoms with van der Waals surface area (Å²) in [5.41, 5.74) is 0. The van der Waals surface area contributed by atoms with Crippen LogP contribution < -0.4 is 0 Å². The maximum Gasteiger partial charge on any atom is 0 e. The van der Waals surface area contributed by atoms with E-state index >= 15 is 0 Å². The van der Waals surface area contributed by atoms with Crippen LogP contribution in [-0.4, -0.2) is 169 Å². The molecule has 0 atom stereocenters. The van der Waals surface area contributed by atoms with E-state index in [0.29, 0.717) is 0 Å². The van der Waals surface area contributed by atoms with E-state index in [0.717, 1.165) is 0 Å². The molecule has 0 saturated carbocycles. The Labute approximate surface area is 165 Å². The van der Waals surface area contributed by atoms with Crippen molar-refractivity contribution in [1.82, 2.24) is 0 Å². The van der Waals surface area contributed by atoms with Crippen molar-refractivity contribution < 1.29 is 24.6 Å². The van der Waals surface area contributed by atoms with E-state index in [1.165, 1.54) is 0 Å². The molecule has 6 N–H and O–H groups in total. The van der Waals surface area contributed by atoms with E-state index in [1.54, 1.807) is 0 Å². The maximum absolute atomic E-state index is 7.31. The molecule has 6 nitrogen and oxygen atoms in total. The first kappa shape index (κ1) is 29.6. The predicted octanol–water partition coefficient (Wildman–Crippen LogP) is -5.25. The average Bonchev–Trinajstić information content (AvgIpc) is 1.25. The number of hydrogen-bond acceptors (Lipinski definition) is 6. The fraction of sp³-hybridized carbons (Fsp3) is 0. The SMILES string of the molecule is O[As](O)O.O[As](O)O.[Ca].[Ca].[Ca]. The molecular weight excluding hydrogens is 366 g/mol. The van der Waals surface area contributed by atoms with Crippen molar-refractivity contribution in [2.24, 2.45) is 0 Å². The van der Waals surface area contributed by atoms with Crippen LogP contribution in [0, 0.1) is 0 Å². The van der Waals surface area contributed by atoms with E-state index < -0.39 is 31.4 Å². The van der Waals surface area contributed by atoms with Gasteiger partial charge in [0.15, 0.2) is 0 Å². The van der Waals surface area contributed by atoms with Crippen LogP contribution in [0.15, 0.2) is 0 Å². The van der Waals surface area contributed by atoms with Crippen molar-refractivity contribution in [2.75, 3.05) is 0 Å². The molecule has 0 spiro atoms. The molecule has 6 radical (unpaired) electrons. The molecule has 0 bridgehead atoms. The third kappa shape index (κ3) is 108. The van der Waals surface area contributed by atoms with Crippen LogP contribution >= 0.6 is 0 Å². The predicted molar refractivity (Wildman–Crippen MR) is 42.1 cm³/mol. The second-order valence-corrected chi connectivity index (χ2v) is 2.79. The molecule has 0 fully saturated rings. The van der Waals surface area contributed by atoms with Crippen molar-refractivity contribution in [1.29, 1.82) is 0 Å². The van der Waals surface area contributed by atoms with Gasteiger partial charge in [-0.1, -0.05) is 0 Å². The molecule has 0 aromatic heterocycles. The quantitative estimate of drug-likeness (QED) is 0.237. The van der Waals surface area contributed by atoms with E-state index in [4.69, 9.17) is 24.6 Å². The average molecular weight is 372 g/mol. The van der Waals surface area contributed by atoms with Crippen molar-refractivity contribution >= 4 is 145 Å². The van der Waals surface area contributed by atoms with Gasteiger partial charge < -0.3 is 0 Å². The first-order valence-corrected chi connectivity index (χ1v) is 6.24. The Balaban J connectivity index is -0.0000000171. The molecule has 11 heavy (non-hydrogen) atoms. The van der Waals surface area contributed by atoms with Gasteiger partial charge in [-0.05, 0) is 0 Å². The normalized spacial score (nSPS) is 6.55. The van der Waals surface area contributed by atoms with Crippen LogP contribution in [0.4, 0.5) is 0 Å². The summed E-state index contributed by atoms with van der Waals surface area (Å²) in [4.78, 5) is 0. The van der Waals surface area contributed by atoms with Gasteiger partial charge in [0, 0.05) is 113 Å². The summed E-state index contributed by atoms with van der Waals surface area (Å²) < 4.78 is 43.9. The van der Waals surface area contributed by atoms with Crippen LogP contribution in [0.1, 0.15) is 0 Å². The molecular formula is H6As2Ca3O6. The minimum absolute atomic E-state index is 0. The Hall–Kier alpha value is 4.66. The molecule has 11 heteroatoms.